The topological polar surface area (TPSA) is 79.9 Å². The smallest absolute Gasteiger partial charge is 0.252 e. The molecule has 1 unspecified atom stereocenters. The van der Waals surface area contributed by atoms with Gasteiger partial charge in [0.2, 0.25) is 5.91 Å². The number of anilines is 2. The van der Waals surface area contributed by atoms with Crippen LogP contribution in [0.15, 0.2) is 42.5 Å². The third-order valence-electron chi connectivity index (χ3n) is 5.78. The zero-order valence-corrected chi connectivity index (χ0v) is 19.9. The first kappa shape index (κ1) is 24.4. The van der Waals surface area contributed by atoms with E-state index in [0.29, 0.717) is 30.1 Å². The van der Waals surface area contributed by atoms with Crippen molar-refractivity contribution in [2.24, 2.45) is 0 Å². The van der Waals surface area contributed by atoms with Gasteiger partial charge in [0.1, 0.15) is 6.04 Å². The molecule has 1 atom stereocenters. The molecule has 0 saturated carbocycles. The predicted octanol–water partition coefficient (Wildman–Crippen LogP) is 4.62. The summed E-state index contributed by atoms with van der Waals surface area (Å²) in [4.78, 5) is 28.4. The number of hydrogen-bond donors (Lipinski definition) is 2. The van der Waals surface area contributed by atoms with E-state index in [-0.39, 0.29) is 11.8 Å². The molecule has 0 aromatic heterocycles. The summed E-state index contributed by atoms with van der Waals surface area (Å²) >= 11 is 0. The van der Waals surface area contributed by atoms with Crippen molar-refractivity contribution in [3.8, 4) is 11.5 Å². The summed E-state index contributed by atoms with van der Waals surface area (Å²) in [6.07, 6.45) is 4.71. The largest absolute Gasteiger partial charge is 0.493 e. The van der Waals surface area contributed by atoms with Crippen LogP contribution < -0.4 is 25.0 Å². The van der Waals surface area contributed by atoms with Crippen LogP contribution in [0, 0.1) is 0 Å². The fraction of sp³-hybridized carbons (Fsp3) is 0.462. The van der Waals surface area contributed by atoms with Crippen molar-refractivity contribution < 1.29 is 19.1 Å². The molecule has 2 amide bonds. The van der Waals surface area contributed by atoms with Crippen molar-refractivity contribution in [2.75, 3.05) is 37.0 Å². The number of nitrogens with zero attached hydrogens (tertiary/aromatic N) is 1. The second kappa shape index (κ2) is 12.1. The molecule has 1 aliphatic heterocycles. The third kappa shape index (κ3) is 6.63. The van der Waals surface area contributed by atoms with Gasteiger partial charge in [-0.2, -0.15) is 0 Å². The van der Waals surface area contributed by atoms with E-state index in [1.165, 1.54) is 20.0 Å². The molecule has 178 valence electrons. The molecule has 1 aliphatic rings. The number of carbonyl (C=O) groups excluding carboxylic acids is 2. The highest BCUT2D eigenvalue weighted by Crippen LogP contribution is 2.28. The van der Waals surface area contributed by atoms with E-state index in [9.17, 15) is 9.59 Å². The number of rotatable bonds is 11. The van der Waals surface area contributed by atoms with Crippen LogP contribution in [0.25, 0.3) is 0 Å². The summed E-state index contributed by atoms with van der Waals surface area (Å²) in [5.74, 6) is 0.527. The fourth-order valence-corrected chi connectivity index (χ4v) is 3.99. The van der Waals surface area contributed by atoms with Crippen molar-refractivity contribution in [3.05, 3.63) is 48.0 Å². The van der Waals surface area contributed by atoms with E-state index >= 15 is 0 Å². The zero-order chi connectivity index (χ0) is 23.6. The number of nitrogens with one attached hydrogen (secondary N) is 2. The lowest BCUT2D eigenvalue weighted by Gasteiger charge is -2.21. The number of ether oxygens (including phenoxy) is 2. The average molecular weight is 454 g/mol. The molecule has 1 heterocycles. The lowest BCUT2D eigenvalue weighted by molar-refractivity contribution is -0.118. The number of amides is 2. The molecule has 33 heavy (non-hydrogen) atoms. The minimum Gasteiger partial charge on any atom is -0.493 e. The highest BCUT2D eigenvalue weighted by atomic mass is 16.5. The second-order valence-corrected chi connectivity index (χ2v) is 8.20. The van der Waals surface area contributed by atoms with E-state index in [0.717, 1.165) is 37.3 Å². The standard InChI is InChI=1S/C26H35N3O4/c1-4-6-12-22(28-25(30)19-13-14-23(33-5-2)24(17-19)32-3)26(31)27-20-10-9-11-21(18-20)29-15-7-8-16-29/h9-11,13-14,17-18,22H,4-8,12,15-16H2,1-3H3,(H,27,31)(H,28,30). The van der Waals surface area contributed by atoms with Crippen molar-refractivity contribution >= 4 is 23.2 Å². The SMILES string of the molecule is CCCCC(NC(=O)c1ccc(OCC)c(OC)c1)C(=O)Nc1cccc(N2CCCC2)c1. The molecule has 0 radical (unpaired) electrons. The van der Waals surface area contributed by atoms with Crippen LogP contribution in [0.5, 0.6) is 11.5 Å². The van der Waals surface area contributed by atoms with Gasteiger partial charge < -0.3 is 25.0 Å². The molecular weight excluding hydrogens is 418 g/mol. The van der Waals surface area contributed by atoms with Crippen LogP contribution in [0.1, 0.15) is 56.3 Å². The van der Waals surface area contributed by atoms with Gasteiger partial charge in [-0.15, -0.1) is 0 Å². The van der Waals surface area contributed by atoms with Crippen molar-refractivity contribution in [2.45, 2.75) is 52.0 Å². The van der Waals surface area contributed by atoms with Crippen LogP contribution in [0.4, 0.5) is 11.4 Å². The zero-order valence-electron chi connectivity index (χ0n) is 19.9. The fourth-order valence-electron chi connectivity index (χ4n) is 3.99. The van der Waals surface area contributed by atoms with Gasteiger partial charge >= 0.3 is 0 Å². The van der Waals surface area contributed by atoms with Gasteiger partial charge in [-0.05, 0) is 62.6 Å². The van der Waals surface area contributed by atoms with Crippen LogP contribution in [0.3, 0.4) is 0 Å². The summed E-state index contributed by atoms with van der Waals surface area (Å²) in [5.41, 5.74) is 2.27. The Morgan fingerprint density at radius 3 is 2.55 bits per heavy atom. The molecule has 0 bridgehead atoms. The summed E-state index contributed by atoms with van der Waals surface area (Å²) < 4.78 is 10.9. The molecule has 0 aliphatic carbocycles. The van der Waals surface area contributed by atoms with Gasteiger partial charge in [-0.1, -0.05) is 25.8 Å². The van der Waals surface area contributed by atoms with E-state index in [4.69, 9.17) is 9.47 Å². The van der Waals surface area contributed by atoms with Gasteiger partial charge in [0.15, 0.2) is 11.5 Å². The monoisotopic (exact) mass is 453 g/mol. The first-order chi connectivity index (χ1) is 16.0. The Bertz CT molecular complexity index is 941. The number of benzene rings is 2. The molecular formula is C26H35N3O4. The van der Waals surface area contributed by atoms with Gasteiger partial charge in [0.05, 0.1) is 13.7 Å². The molecule has 2 aromatic rings. The van der Waals surface area contributed by atoms with Gasteiger partial charge in [-0.25, -0.2) is 0 Å². The number of methoxy groups -OCH3 is 1. The Hall–Kier alpha value is -3.22. The predicted molar refractivity (Wildman–Crippen MR) is 131 cm³/mol. The van der Waals surface area contributed by atoms with E-state index in [2.05, 4.69) is 28.5 Å². The third-order valence-corrected chi connectivity index (χ3v) is 5.78. The van der Waals surface area contributed by atoms with Crippen LogP contribution in [-0.4, -0.2) is 44.7 Å². The van der Waals surface area contributed by atoms with E-state index in [1.807, 2.05) is 25.1 Å². The van der Waals surface area contributed by atoms with E-state index < -0.39 is 6.04 Å². The lowest BCUT2D eigenvalue weighted by atomic mass is 10.1. The first-order valence-electron chi connectivity index (χ1n) is 11.8. The van der Waals surface area contributed by atoms with Crippen LogP contribution >= 0.6 is 0 Å². The molecule has 0 spiro atoms. The molecule has 1 saturated heterocycles. The van der Waals surface area contributed by atoms with Crippen molar-refractivity contribution in [1.82, 2.24) is 5.32 Å². The summed E-state index contributed by atoms with van der Waals surface area (Å²) in [5, 5.41) is 5.90. The Labute approximate surface area is 196 Å². The number of unbranched alkanes of at least 4 members (excludes halogenated alkanes) is 1. The van der Waals surface area contributed by atoms with Crippen LogP contribution in [-0.2, 0) is 4.79 Å². The summed E-state index contributed by atoms with van der Waals surface area (Å²) in [7, 11) is 1.54. The Balaban J connectivity index is 1.70. The number of hydrogen-bond acceptors (Lipinski definition) is 5. The molecule has 1 fully saturated rings. The Kier molecular flexibility index (Phi) is 8.98. The maximum atomic E-state index is 13.1. The highest BCUT2D eigenvalue weighted by molar-refractivity contribution is 6.01. The molecule has 2 N–H and O–H groups in total. The quantitative estimate of drug-likeness (QED) is 0.519. The second-order valence-electron chi connectivity index (χ2n) is 8.20. The highest BCUT2D eigenvalue weighted by Gasteiger charge is 2.22. The van der Waals surface area contributed by atoms with Crippen molar-refractivity contribution in [3.63, 3.8) is 0 Å². The van der Waals surface area contributed by atoms with Gasteiger partial charge in [0, 0.05) is 30.0 Å². The Morgan fingerprint density at radius 1 is 1.06 bits per heavy atom. The number of carbonyl (C=O) groups is 2. The molecule has 7 nitrogen and oxygen atoms in total. The van der Waals surface area contributed by atoms with Crippen molar-refractivity contribution in [1.29, 1.82) is 0 Å². The summed E-state index contributed by atoms with van der Waals surface area (Å²) in [6.45, 7) is 6.53. The lowest BCUT2D eigenvalue weighted by Crippen LogP contribution is -2.43. The molecule has 2 aromatic carbocycles. The maximum Gasteiger partial charge on any atom is 0.252 e. The van der Waals surface area contributed by atoms with Gasteiger partial charge in [0.25, 0.3) is 5.91 Å². The maximum absolute atomic E-state index is 13.1. The van der Waals surface area contributed by atoms with Crippen LogP contribution in [0.2, 0.25) is 0 Å². The average Bonchev–Trinajstić information content (AvgIpc) is 3.37. The van der Waals surface area contributed by atoms with Gasteiger partial charge in [-0.3, -0.25) is 9.59 Å². The normalized spacial score (nSPS) is 14.0. The Morgan fingerprint density at radius 2 is 1.85 bits per heavy atom. The van der Waals surface area contributed by atoms with E-state index in [1.54, 1.807) is 18.2 Å². The molecule has 7 heteroatoms. The summed E-state index contributed by atoms with van der Waals surface area (Å²) in [6, 6.07) is 12.3. The minimum absolute atomic E-state index is 0.215. The first-order valence-corrected chi connectivity index (χ1v) is 11.8. The minimum atomic E-state index is -0.634. The molecule has 3 rings (SSSR count).